The van der Waals surface area contributed by atoms with Gasteiger partial charge >= 0.3 is 5.97 Å². The maximum atomic E-state index is 11.2. The van der Waals surface area contributed by atoms with Crippen molar-refractivity contribution < 1.29 is 19.4 Å². The summed E-state index contributed by atoms with van der Waals surface area (Å²) < 4.78 is 10.0. The molecule has 0 saturated heterocycles. The molecule has 1 N–H and O–H groups in total. The van der Waals surface area contributed by atoms with E-state index in [9.17, 15) is 9.90 Å². The van der Waals surface area contributed by atoms with E-state index in [1.54, 1.807) is 18.2 Å². The van der Waals surface area contributed by atoms with Gasteiger partial charge in [-0.05, 0) is 30.2 Å². The molecule has 1 aliphatic heterocycles. The Hall–Kier alpha value is -1.55. The highest BCUT2D eigenvalue weighted by Gasteiger charge is 2.23. The van der Waals surface area contributed by atoms with Gasteiger partial charge in [-0.25, -0.2) is 4.79 Å². The molecule has 1 aliphatic rings. The van der Waals surface area contributed by atoms with Gasteiger partial charge in [-0.15, -0.1) is 0 Å². The lowest BCUT2D eigenvalue weighted by atomic mass is 10.0. The van der Waals surface area contributed by atoms with E-state index >= 15 is 0 Å². The highest BCUT2D eigenvalue weighted by molar-refractivity contribution is 5.76. The van der Waals surface area contributed by atoms with E-state index in [-0.39, 0.29) is 6.10 Å². The molecular weight excluding hydrogens is 208 g/mol. The van der Waals surface area contributed by atoms with Crippen molar-refractivity contribution in [1.82, 2.24) is 0 Å². The number of benzene rings is 1. The average molecular weight is 222 g/mol. The molecule has 0 amide bonds. The van der Waals surface area contributed by atoms with Crippen LogP contribution in [-0.4, -0.2) is 24.3 Å². The van der Waals surface area contributed by atoms with Gasteiger partial charge in [-0.3, -0.25) is 0 Å². The van der Waals surface area contributed by atoms with Crippen molar-refractivity contribution in [2.45, 2.75) is 25.6 Å². The van der Waals surface area contributed by atoms with Gasteiger partial charge in [0.15, 0.2) is 6.10 Å². The van der Waals surface area contributed by atoms with Crippen molar-refractivity contribution in [3.05, 3.63) is 29.3 Å². The monoisotopic (exact) mass is 222 g/mol. The fourth-order valence-corrected chi connectivity index (χ4v) is 1.86. The van der Waals surface area contributed by atoms with Crippen molar-refractivity contribution in [3.63, 3.8) is 0 Å². The Kier molecular flexibility index (Phi) is 2.83. The molecule has 86 valence electrons. The first-order chi connectivity index (χ1) is 7.61. The summed E-state index contributed by atoms with van der Waals surface area (Å²) in [7, 11) is 1.25. The summed E-state index contributed by atoms with van der Waals surface area (Å²) >= 11 is 0. The minimum Gasteiger partial charge on any atom is -0.490 e. The molecule has 1 aromatic carbocycles. The minimum atomic E-state index is -1.22. The van der Waals surface area contributed by atoms with Gasteiger partial charge in [0.25, 0.3) is 0 Å². The van der Waals surface area contributed by atoms with Gasteiger partial charge in [0.2, 0.25) is 0 Å². The molecule has 0 spiro atoms. The molecule has 2 rings (SSSR count). The van der Waals surface area contributed by atoms with Crippen LogP contribution in [-0.2, 0) is 16.0 Å². The molecule has 4 heteroatoms. The zero-order valence-corrected chi connectivity index (χ0v) is 9.27. The molecule has 1 heterocycles. The van der Waals surface area contributed by atoms with Crippen LogP contribution < -0.4 is 4.74 Å². The van der Waals surface area contributed by atoms with E-state index < -0.39 is 12.1 Å². The topological polar surface area (TPSA) is 55.8 Å². The van der Waals surface area contributed by atoms with Gasteiger partial charge in [0.1, 0.15) is 11.9 Å². The maximum Gasteiger partial charge on any atom is 0.339 e. The Morgan fingerprint density at radius 2 is 2.38 bits per heavy atom. The van der Waals surface area contributed by atoms with E-state index in [1.807, 2.05) is 6.92 Å². The van der Waals surface area contributed by atoms with E-state index in [2.05, 4.69) is 4.74 Å². The second-order valence-corrected chi connectivity index (χ2v) is 3.93. The number of hydrogen-bond acceptors (Lipinski definition) is 4. The van der Waals surface area contributed by atoms with Crippen molar-refractivity contribution >= 4 is 5.97 Å². The summed E-state index contributed by atoms with van der Waals surface area (Å²) in [5, 5.41) is 9.67. The van der Waals surface area contributed by atoms with Gasteiger partial charge in [0.05, 0.1) is 7.11 Å². The number of esters is 1. The highest BCUT2D eigenvalue weighted by Crippen LogP contribution is 2.31. The minimum absolute atomic E-state index is 0.153. The Bertz CT molecular complexity index is 413. The van der Waals surface area contributed by atoms with E-state index in [0.717, 1.165) is 17.7 Å². The standard InChI is InChI=1S/C12H14O4/c1-7-5-9-6-8(3-4-10(9)16-7)11(13)12(14)15-2/h3-4,6-7,11,13H,5H2,1-2H3. The summed E-state index contributed by atoms with van der Waals surface area (Å²) in [5.74, 6) is 0.181. The number of rotatable bonds is 2. The lowest BCUT2D eigenvalue weighted by molar-refractivity contribution is -0.150. The zero-order chi connectivity index (χ0) is 11.7. The summed E-state index contributed by atoms with van der Waals surface area (Å²) in [6, 6.07) is 5.25. The smallest absolute Gasteiger partial charge is 0.339 e. The number of methoxy groups -OCH3 is 1. The molecule has 2 atom stereocenters. The van der Waals surface area contributed by atoms with Crippen LogP contribution in [0, 0.1) is 0 Å². The molecule has 1 aromatic rings. The molecule has 0 aromatic heterocycles. The van der Waals surface area contributed by atoms with Crippen molar-refractivity contribution in [3.8, 4) is 5.75 Å². The van der Waals surface area contributed by atoms with Crippen LogP contribution in [0.25, 0.3) is 0 Å². The number of aliphatic hydroxyl groups is 1. The van der Waals surface area contributed by atoms with Crippen molar-refractivity contribution in [2.75, 3.05) is 7.11 Å². The van der Waals surface area contributed by atoms with E-state index in [0.29, 0.717) is 5.56 Å². The Labute approximate surface area is 93.8 Å². The molecular formula is C12H14O4. The average Bonchev–Trinajstić information content (AvgIpc) is 2.65. The van der Waals surface area contributed by atoms with Crippen LogP contribution in [0.3, 0.4) is 0 Å². The van der Waals surface area contributed by atoms with E-state index in [4.69, 9.17) is 4.74 Å². The van der Waals surface area contributed by atoms with Crippen LogP contribution >= 0.6 is 0 Å². The van der Waals surface area contributed by atoms with Gasteiger partial charge in [-0.1, -0.05) is 6.07 Å². The first-order valence-corrected chi connectivity index (χ1v) is 5.17. The fourth-order valence-electron chi connectivity index (χ4n) is 1.86. The molecule has 16 heavy (non-hydrogen) atoms. The third kappa shape index (κ3) is 1.88. The highest BCUT2D eigenvalue weighted by atomic mass is 16.5. The number of carbonyl (C=O) groups is 1. The molecule has 0 aliphatic carbocycles. The maximum absolute atomic E-state index is 11.2. The Morgan fingerprint density at radius 1 is 1.62 bits per heavy atom. The zero-order valence-electron chi connectivity index (χ0n) is 9.27. The SMILES string of the molecule is COC(=O)C(O)c1ccc2c(c1)CC(C)O2. The van der Waals surface area contributed by atoms with Crippen LogP contribution in [0.15, 0.2) is 18.2 Å². The lowest BCUT2D eigenvalue weighted by Gasteiger charge is -2.09. The van der Waals surface area contributed by atoms with Crippen LogP contribution in [0.1, 0.15) is 24.2 Å². The first kappa shape index (κ1) is 11.0. The van der Waals surface area contributed by atoms with Crippen LogP contribution in [0.5, 0.6) is 5.75 Å². The first-order valence-electron chi connectivity index (χ1n) is 5.17. The third-order valence-electron chi connectivity index (χ3n) is 2.66. The van der Waals surface area contributed by atoms with Gasteiger partial charge in [0, 0.05) is 6.42 Å². The number of aliphatic hydroxyl groups excluding tert-OH is 1. The number of hydrogen-bond donors (Lipinski definition) is 1. The predicted octanol–water partition coefficient (Wildman–Crippen LogP) is 1.22. The van der Waals surface area contributed by atoms with Crippen molar-refractivity contribution in [2.24, 2.45) is 0 Å². The summed E-state index contributed by atoms with van der Waals surface area (Å²) in [4.78, 5) is 11.2. The van der Waals surface area contributed by atoms with E-state index in [1.165, 1.54) is 7.11 Å². The lowest BCUT2D eigenvalue weighted by Crippen LogP contribution is -2.13. The molecule has 0 radical (unpaired) electrons. The Balaban J connectivity index is 2.25. The second-order valence-electron chi connectivity index (χ2n) is 3.93. The van der Waals surface area contributed by atoms with Crippen LogP contribution in [0.2, 0.25) is 0 Å². The van der Waals surface area contributed by atoms with Crippen molar-refractivity contribution in [1.29, 1.82) is 0 Å². The molecule has 0 bridgehead atoms. The molecule has 4 nitrogen and oxygen atoms in total. The largest absolute Gasteiger partial charge is 0.490 e. The summed E-state index contributed by atoms with van der Waals surface area (Å²) in [6.45, 7) is 1.98. The van der Waals surface area contributed by atoms with Crippen LogP contribution in [0.4, 0.5) is 0 Å². The molecule has 0 saturated carbocycles. The summed E-state index contributed by atoms with van der Waals surface area (Å²) in [5.41, 5.74) is 1.57. The Morgan fingerprint density at radius 3 is 3.06 bits per heavy atom. The number of ether oxygens (including phenoxy) is 2. The predicted molar refractivity (Wildman–Crippen MR) is 57.2 cm³/mol. The fraction of sp³-hybridized carbons (Fsp3) is 0.417. The third-order valence-corrected chi connectivity index (χ3v) is 2.66. The number of carbonyl (C=O) groups excluding carboxylic acids is 1. The molecule has 2 unspecified atom stereocenters. The summed E-state index contributed by atoms with van der Waals surface area (Å²) in [6.07, 6.45) is -0.261. The van der Waals surface area contributed by atoms with Gasteiger partial charge < -0.3 is 14.6 Å². The number of fused-ring (bicyclic) bond motifs is 1. The normalized spacial score (nSPS) is 19.8. The second kappa shape index (κ2) is 4.14. The molecule has 0 fully saturated rings. The van der Waals surface area contributed by atoms with Gasteiger partial charge in [-0.2, -0.15) is 0 Å². The quantitative estimate of drug-likeness (QED) is 0.764.